The molecule has 0 aliphatic carbocycles. The standard InChI is InChI=1S/C27H35N11O3S/c1-17(15-40-4)30-25-22(24(29-11-8-12-39-3)33-26(34-25)31-18(2)16-41-5)35-36-23-19(13-28)14-38(37-23)27-32-20-9-6-7-10-21(20)42-27/h6-7,9-10,14,17-18H,8,11-12,15-16H2,1-5H3,(H3,29,30,31,33,34). The number of hydrogen-bond acceptors (Lipinski definition) is 14. The lowest BCUT2D eigenvalue weighted by Gasteiger charge is -2.19. The van der Waals surface area contributed by atoms with Crippen LogP contribution in [0.2, 0.25) is 0 Å². The van der Waals surface area contributed by atoms with Gasteiger partial charge in [-0.2, -0.15) is 15.2 Å². The molecule has 0 spiro atoms. The van der Waals surface area contributed by atoms with Gasteiger partial charge in [0.1, 0.15) is 11.6 Å². The third-order valence-electron chi connectivity index (χ3n) is 5.83. The minimum absolute atomic E-state index is 0.0438. The van der Waals surface area contributed by atoms with Gasteiger partial charge in [0.05, 0.1) is 29.6 Å². The first kappa shape index (κ1) is 30.7. The van der Waals surface area contributed by atoms with E-state index in [4.69, 9.17) is 19.2 Å². The molecule has 0 aliphatic rings. The largest absolute Gasteiger partial charge is 0.385 e. The zero-order valence-electron chi connectivity index (χ0n) is 24.3. The number of para-hydroxylation sites is 1. The molecule has 1 aromatic carbocycles. The van der Waals surface area contributed by atoms with Crippen molar-refractivity contribution in [2.45, 2.75) is 32.4 Å². The van der Waals surface area contributed by atoms with Crippen LogP contribution in [0.4, 0.5) is 29.1 Å². The predicted octanol–water partition coefficient (Wildman–Crippen LogP) is 4.90. The summed E-state index contributed by atoms with van der Waals surface area (Å²) in [4.78, 5) is 14.0. The van der Waals surface area contributed by atoms with Gasteiger partial charge in [0.2, 0.25) is 16.9 Å². The monoisotopic (exact) mass is 593 g/mol. The van der Waals surface area contributed by atoms with Crippen molar-refractivity contribution < 1.29 is 14.2 Å². The van der Waals surface area contributed by atoms with Crippen molar-refractivity contribution in [3.63, 3.8) is 0 Å². The van der Waals surface area contributed by atoms with Crippen LogP contribution in [0.5, 0.6) is 0 Å². The number of nitrogens with zero attached hydrogens (tertiary/aromatic N) is 8. The van der Waals surface area contributed by atoms with Gasteiger partial charge in [-0.1, -0.05) is 23.5 Å². The molecule has 14 nitrogen and oxygen atoms in total. The summed E-state index contributed by atoms with van der Waals surface area (Å²) in [7, 11) is 4.92. The smallest absolute Gasteiger partial charge is 0.227 e. The maximum absolute atomic E-state index is 9.82. The summed E-state index contributed by atoms with van der Waals surface area (Å²) in [6, 6.07) is 9.80. The molecule has 42 heavy (non-hydrogen) atoms. The van der Waals surface area contributed by atoms with Crippen molar-refractivity contribution in [3.8, 4) is 11.2 Å². The Bertz CT molecular complexity index is 1500. The second kappa shape index (κ2) is 15.1. The van der Waals surface area contributed by atoms with E-state index in [9.17, 15) is 5.26 Å². The highest BCUT2D eigenvalue weighted by atomic mass is 32.1. The number of thiazole rings is 1. The summed E-state index contributed by atoms with van der Waals surface area (Å²) >= 11 is 1.47. The second-order valence-corrected chi connectivity index (χ2v) is 10.5. The van der Waals surface area contributed by atoms with Gasteiger partial charge < -0.3 is 30.2 Å². The highest BCUT2D eigenvalue weighted by molar-refractivity contribution is 7.20. The van der Waals surface area contributed by atoms with E-state index in [1.807, 2.05) is 38.1 Å². The normalized spacial score (nSPS) is 12.9. The molecule has 2 atom stereocenters. The SMILES string of the molecule is COCCCNc1nc(NC(C)COC)nc(NC(C)COC)c1N=Nc1nn(-c2nc3ccccc3s2)cc1C#N. The number of methoxy groups -OCH3 is 3. The molecule has 4 rings (SSSR count). The zero-order valence-corrected chi connectivity index (χ0v) is 25.1. The summed E-state index contributed by atoms with van der Waals surface area (Å²) < 4.78 is 18.3. The number of hydrogen-bond donors (Lipinski definition) is 3. The highest BCUT2D eigenvalue weighted by Crippen LogP contribution is 2.35. The van der Waals surface area contributed by atoms with E-state index >= 15 is 0 Å². The van der Waals surface area contributed by atoms with E-state index in [1.165, 1.54) is 11.3 Å². The van der Waals surface area contributed by atoms with Crippen molar-refractivity contribution in [3.05, 3.63) is 36.0 Å². The summed E-state index contributed by atoms with van der Waals surface area (Å²) in [5, 5.41) is 33.8. The van der Waals surface area contributed by atoms with Crippen LogP contribution in [0.25, 0.3) is 15.3 Å². The summed E-state index contributed by atoms with van der Waals surface area (Å²) in [6.07, 6.45) is 2.34. The van der Waals surface area contributed by atoms with Crippen LogP contribution < -0.4 is 16.0 Å². The van der Waals surface area contributed by atoms with Gasteiger partial charge in [-0.25, -0.2) is 9.67 Å². The Hall–Kier alpha value is -4.23. The molecular weight excluding hydrogens is 558 g/mol. The van der Waals surface area contributed by atoms with E-state index in [2.05, 4.69) is 47.3 Å². The summed E-state index contributed by atoms with van der Waals surface area (Å²) in [6.45, 7) is 5.99. The van der Waals surface area contributed by atoms with Gasteiger partial charge in [-0.05, 0) is 32.4 Å². The molecule has 15 heteroatoms. The van der Waals surface area contributed by atoms with E-state index in [0.29, 0.717) is 54.8 Å². The predicted molar refractivity (Wildman–Crippen MR) is 163 cm³/mol. The van der Waals surface area contributed by atoms with Crippen LogP contribution in [0, 0.1) is 11.3 Å². The number of nitrogens with one attached hydrogen (secondary N) is 3. The van der Waals surface area contributed by atoms with Gasteiger partial charge in [-0.15, -0.1) is 15.3 Å². The molecule has 0 saturated carbocycles. The molecular formula is C27H35N11O3S. The first-order valence-electron chi connectivity index (χ1n) is 13.4. The fourth-order valence-electron chi connectivity index (χ4n) is 3.97. The van der Waals surface area contributed by atoms with Crippen LogP contribution >= 0.6 is 11.3 Å². The lowest BCUT2D eigenvalue weighted by atomic mass is 10.3. The molecule has 0 aliphatic heterocycles. The molecule has 222 valence electrons. The second-order valence-electron chi connectivity index (χ2n) is 9.45. The minimum Gasteiger partial charge on any atom is -0.385 e. The van der Waals surface area contributed by atoms with E-state index in [-0.39, 0.29) is 23.5 Å². The van der Waals surface area contributed by atoms with Crippen LogP contribution in [-0.4, -0.2) is 84.5 Å². The van der Waals surface area contributed by atoms with Gasteiger partial charge in [0.25, 0.3) is 0 Å². The molecule has 3 aromatic heterocycles. The Labute approximate surface area is 248 Å². The van der Waals surface area contributed by atoms with E-state index in [0.717, 1.165) is 16.6 Å². The molecule has 0 radical (unpaired) electrons. The van der Waals surface area contributed by atoms with Crippen LogP contribution in [0.15, 0.2) is 40.7 Å². The van der Waals surface area contributed by atoms with E-state index < -0.39 is 0 Å². The van der Waals surface area contributed by atoms with E-state index in [1.54, 1.807) is 32.2 Å². The number of aromatic nitrogens is 5. The molecule has 0 amide bonds. The van der Waals surface area contributed by atoms with Crippen molar-refractivity contribution in [1.82, 2.24) is 24.7 Å². The maximum atomic E-state index is 9.82. The Balaban J connectivity index is 1.73. The lowest BCUT2D eigenvalue weighted by Crippen LogP contribution is -2.25. The molecule has 0 bridgehead atoms. The van der Waals surface area contributed by atoms with Gasteiger partial charge in [0, 0.05) is 46.6 Å². The first-order chi connectivity index (χ1) is 20.4. The molecule has 2 unspecified atom stereocenters. The van der Waals surface area contributed by atoms with Crippen molar-refractivity contribution in [2.24, 2.45) is 10.2 Å². The fraction of sp³-hybridized carbons (Fsp3) is 0.444. The van der Waals surface area contributed by atoms with Crippen molar-refractivity contribution in [2.75, 3.05) is 63.6 Å². The van der Waals surface area contributed by atoms with Gasteiger partial charge in [-0.3, -0.25) is 0 Å². The first-order valence-corrected chi connectivity index (χ1v) is 14.2. The van der Waals surface area contributed by atoms with Crippen LogP contribution in [0.1, 0.15) is 25.8 Å². The Morgan fingerprint density at radius 1 is 0.976 bits per heavy atom. The number of anilines is 3. The molecule has 3 heterocycles. The summed E-state index contributed by atoms with van der Waals surface area (Å²) in [5.74, 6) is 1.42. The third kappa shape index (κ3) is 7.95. The average Bonchev–Trinajstić information content (AvgIpc) is 3.59. The number of fused-ring (bicyclic) bond motifs is 1. The Morgan fingerprint density at radius 2 is 1.71 bits per heavy atom. The topological polar surface area (TPSA) is 169 Å². The maximum Gasteiger partial charge on any atom is 0.227 e. The minimum atomic E-state index is -0.0997. The quantitative estimate of drug-likeness (QED) is 0.119. The number of azo groups is 1. The highest BCUT2D eigenvalue weighted by Gasteiger charge is 2.19. The molecule has 4 aromatic rings. The van der Waals surface area contributed by atoms with Crippen LogP contribution in [0.3, 0.4) is 0 Å². The van der Waals surface area contributed by atoms with Gasteiger partial charge >= 0.3 is 0 Å². The summed E-state index contributed by atoms with van der Waals surface area (Å²) in [5.41, 5.74) is 1.46. The number of ether oxygens (including phenoxy) is 3. The zero-order chi connectivity index (χ0) is 29.9. The third-order valence-corrected chi connectivity index (χ3v) is 6.86. The number of rotatable bonds is 16. The Morgan fingerprint density at radius 3 is 2.43 bits per heavy atom. The Kier molecular flexibility index (Phi) is 11.1. The molecule has 0 saturated heterocycles. The number of benzene rings is 1. The van der Waals surface area contributed by atoms with Crippen LogP contribution in [-0.2, 0) is 14.2 Å². The number of nitriles is 1. The molecule has 3 N–H and O–H groups in total. The van der Waals surface area contributed by atoms with Gasteiger partial charge in [0.15, 0.2) is 17.3 Å². The fourth-order valence-corrected chi connectivity index (χ4v) is 4.86. The average molecular weight is 594 g/mol. The molecule has 0 fully saturated rings. The van der Waals surface area contributed by atoms with Crippen molar-refractivity contribution >= 4 is 50.6 Å². The lowest BCUT2D eigenvalue weighted by molar-refractivity contribution is 0.190. The van der Waals surface area contributed by atoms with Crippen molar-refractivity contribution in [1.29, 1.82) is 5.26 Å².